The first-order valence-corrected chi connectivity index (χ1v) is 14.3. The minimum atomic E-state index is -0.163. The number of carbonyl (C=O) groups excluding carboxylic acids is 1. The second kappa shape index (κ2) is 21.4. The van der Waals surface area contributed by atoms with Crippen LogP contribution in [0.2, 0.25) is 5.02 Å². The molecule has 1 aromatic heterocycles. The number of unbranched alkanes of at least 4 members (excludes halogenated alkanes) is 9. The topological polar surface area (TPSA) is 51.4 Å². The second-order valence-corrected chi connectivity index (χ2v) is 9.86. The average molecular weight is 645 g/mol. The van der Waals surface area contributed by atoms with E-state index in [1.807, 2.05) is 6.07 Å². The molecule has 0 unspecified atom stereocenters. The first kappa shape index (κ1) is 33.5. The SMILES string of the molecule is CCCCCCCCCCCCOc1ccc(OCC(=O)NCCc2cc[n+](CCC)cc2)c(Cl)c1.[I-]. The zero-order valence-electron chi connectivity index (χ0n) is 22.8. The Hall–Kier alpha value is -1.54. The van der Waals surface area contributed by atoms with E-state index in [9.17, 15) is 4.79 Å². The van der Waals surface area contributed by atoms with Gasteiger partial charge in [-0.3, -0.25) is 4.79 Å². The molecule has 0 fully saturated rings. The highest BCUT2D eigenvalue weighted by molar-refractivity contribution is 6.32. The molecule has 0 aliphatic heterocycles. The summed E-state index contributed by atoms with van der Waals surface area (Å²) < 4.78 is 13.6. The molecule has 0 atom stereocenters. The average Bonchev–Trinajstić information content (AvgIpc) is 2.88. The Bertz CT molecular complexity index is 864. The maximum atomic E-state index is 12.1. The van der Waals surface area contributed by atoms with E-state index >= 15 is 0 Å². The van der Waals surface area contributed by atoms with Crippen molar-refractivity contribution >= 4 is 17.5 Å². The molecule has 0 bridgehead atoms. The lowest BCUT2D eigenvalue weighted by molar-refractivity contribution is -0.697. The van der Waals surface area contributed by atoms with Gasteiger partial charge in [0, 0.05) is 31.2 Å². The fourth-order valence-electron chi connectivity index (χ4n) is 4.07. The van der Waals surface area contributed by atoms with Crippen LogP contribution in [0.3, 0.4) is 0 Å². The van der Waals surface area contributed by atoms with Crippen LogP contribution in [-0.4, -0.2) is 25.7 Å². The predicted molar refractivity (Wildman–Crippen MR) is 148 cm³/mol. The lowest BCUT2D eigenvalue weighted by Crippen LogP contribution is -3.00. The van der Waals surface area contributed by atoms with Gasteiger partial charge in [0.15, 0.2) is 19.0 Å². The first-order chi connectivity index (χ1) is 17.6. The van der Waals surface area contributed by atoms with Gasteiger partial charge in [-0.15, -0.1) is 0 Å². The lowest BCUT2D eigenvalue weighted by atomic mass is 10.1. The normalized spacial score (nSPS) is 10.6. The van der Waals surface area contributed by atoms with Crippen molar-refractivity contribution in [2.45, 2.75) is 97.4 Å². The standard InChI is InChI=1S/C30H45ClN2O3.HI/c1-3-5-6-7-8-9-10-11-12-13-23-35-27-14-15-29(28(31)24-27)36-25-30(34)32-19-16-26-17-21-33(20-4-2)22-18-26;/h14-15,17-18,21-22,24H,3-13,16,19-20,23,25H2,1-2H3;1H. The third-order valence-electron chi connectivity index (χ3n) is 6.21. The first-order valence-electron chi connectivity index (χ1n) is 13.9. The van der Waals surface area contributed by atoms with Gasteiger partial charge in [-0.2, -0.15) is 0 Å². The summed E-state index contributed by atoms with van der Waals surface area (Å²) in [4.78, 5) is 12.1. The number of hydrogen-bond donors (Lipinski definition) is 1. The number of rotatable bonds is 20. The maximum absolute atomic E-state index is 12.1. The van der Waals surface area contributed by atoms with Gasteiger partial charge in [0.25, 0.3) is 5.91 Å². The van der Waals surface area contributed by atoms with Crippen LogP contribution in [0.15, 0.2) is 42.7 Å². The molecule has 0 radical (unpaired) electrons. The monoisotopic (exact) mass is 644 g/mol. The molecule has 37 heavy (non-hydrogen) atoms. The predicted octanol–water partition coefficient (Wildman–Crippen LogP) is 4.08. The van der Waals surface area contributed by atoms with Gasteiger partial charge in [-0.1, -0.05) is 83.2 Å². The molecule has 0 saturated heterocycles. The van der Waals surface area contributed by atoms with Gasteiger partial charge < -0.3 is 38.8 Å². The molecule has 1 N–H and O–H groups in total. The lowest BCUT2D eigenvalue weighted by Gasteiger charge is -2.11. The number of halogens is 2. The number of amides is 1. The molecule has 0 spiro atoms. The van der Waals surface area contributed by atoms with Crippen molar-refractivity contribution in [2.24, 2.45) is 0 Å². The van der Waals surface area contributed by atoms with Gasteiger partial charge in [0.05, 0.1) is 11.6 Å². The molecule has 1 aromatic carbocycles. The third-order valence-corrected chi connectivity index (χ3v) is 6.50. The van der Waals surface area contributed by atoms with Crippen LogP contribution in [0, 0.1) is 0 Å². The molecule has 1 amide bonds. The molecule has 1 heterocycles. The fourth-order valence-corrected chi connectivity index (χ4v) is 4.30. The van der Waals surface area contributed by atoms with E-state index in [1.165, 1.54) is 63.4 Å². The number of aryl methyl sites for hydroxylation is 1. The van der Waals surface area contributed by atoms with Gasteiger partial charge in [-0.05, 0) is 30.5 Å². The molecule has 2 rings (SSSR count). The van der Waals surface area contributed by atoms with E-state index in [2.05, 4.69) is 48.3 Å². The fraction of sp³-hybridized carbons (Fsp3) is 0.600. The van der Waals surface area contributed by atoms with Crippen molar-refractivity contribution in [1.29, 1.82) is 0 Å². The highest BCUT2D eigenvalue weighted by atomic mass is 127. The van der Waals surface area contributed by atoms with E-state index in [0.717, 1.165) is 31.6 Å². The summed E-state index contributed by atoms with van der Waals surface area (Å²) in [5.41, 5.74) is 1.19. The molecule has 0 saturated carbocycles. The Balaban J connectivity index is 0.00000684. The van der Waals surface area contributed by atoms with Crippen LogP contribution < -0.4 is 43.3 Å². The van der Waals surface area contributed by atoms with E-state index in [-0.39, 0.29) is 36.5 Å². The molecule has 0 aliphatic rings. The molecule has 208 valence electrons. The summed E-state index contributed by atoms with van der Waals surface area (Å²) in [6, 6.07) is 9.55. The van der Waals surface area contributed by atoms with Gasteiger partial charge in [0.1, 0.15) is 18.0 Å². The van der Waals surface area contributed by atoms with Crippen molar-refractivity contribution in [1.82, 2.24) is 5.32 Å². The number of nitrogens with zero attached hydrogens (tertiary/aromatic N) is 1. The van der Waals surface area contributed by atoms with Gasteiger partial charge in [-0.25, -0.2) is 4.57 Å². The number of benzene rings is 1. The van der Waals surface area contributed by atoms with Crippen molar-refractivity contribution in [3.05, 3.63) is 53.3 Å². The molecular formula is C30H46ClIN2O3. The van der Waals surface area contributed by atoms with Crippen LogP contribution in [0.4, 0.5) is 0 Å². The Morgan fingerprint density at radius 2 is 1.51 bits per heavy atom. The van der Waals surface area contributed by atoms with E-state index < -0.39 is 0 Å². The van der Waals surface area contributed by atoms with Crippen LogP contribution in [-0.2, 0) is 17.8 Å². The van der Waals surface area contributed by atoms with Crippen molar-refractivity contribution < 1.29 is 42.8 Å². The Morgan fingerprint density at radius 3 is 2.14 bits per heavy atom. The van der Waals surface area contributed by atoms with Crippen molar-refractivity contribution in [3.63, 3.8) is 0 Å². The Morgan fingerprint density at radius 1 is 0.865 bits per heavy atom. The van der Waals surface area contributed by atoms with Crippen molar-refractivity contribution in [2.75, 3.05) is 19.8 Å². The Kier molecular flexibility index (Phi) is 19.4. The number of aromatic nitrogens is 1. The molecule has 7 heteroatoms. The smallest absolute Gasteiger partial charge is 0.257 e. The minimum Gasteiger partial charge on any atom is -1.00 e. The summed E-state index contributed by atoms with van der Waals surface area (Å²) in [6.45, 7) is 6.63. The van der Waals surface area contributed by atoms with Gasteiger partial charge in [0.2, 0.25) is 0 Å². The molecule has 5 nitrogen and oxygen atoms in total. The van der Waals surface area contributed by atoms with Gasteiger partial charge >= 0.3 is 0 Å². The zero-order chi connectivity index (χ0) is 25.8. The summed E-state index contributed by atoms with van der Waals surface area (Å²) in [5.74, 6) is 1.06. The quantitative estimate of drug-likeness (QED) is 0.134. The zero-order valence-corrected chi connectivity index (χ0v) is 25.7. The van der Waals surface area contributed by atoms with Crippen LogP contribution in [0.1, 0.15) is 90.0 Å². The summed E-state index contributed by atoms with van der Waals surface area (Å²) in [6.07, 6.45) is 19.1. The second-order valence-electron chi connectivity index (χ2n) is 9.46. The molecular weight excluding hydrogens is 599 g/mol. The summed E-state index contributed by atoms with van der Waals surface area (Å²) in [7, 11) is 0. The maximum Gasteiger partial charge on any atom is 0.257 e. The van der Waals surface area contributed by atoms with Crippen LogP contribution >= 0.6 is 11.6 Å². The summed E-state index contributed by atoms with van der Waals surface area (Å²) in [5, 5.41) is 3.35. The number of ether oxygens (including phenoxy) is 2. The largest absolute Gasteiger partial charge is 1.00 e. The van der Waals surface area contributed by atoms with Crippen molar-refractivity contribution in [3.8, 4) is 11.5 Å². The van der Waals surface area contributed by atoms with Crippen LogP contribution in [0.25, 0.3) is 0 Å². The Labute approximate surface area is 246 Å². The number of pyridine rings is 1. The minimum absolute atomic E-state index is 0. The molecule has 2 aromatic rings. The number of carbonyl (C=O) groups is 1. The van der Waals surface area contributed by atoms with Crippen LogP contribution in [0.5, 0.6) is 11.5 Å². The number of nitrogens with one attached hydrogen (secondary N) is 1. The van der Waals surface area contributed by atoms with E-state index in [4.69, 9.17) is 21.1 Å². The summed E-state index contributed by atoms with van der Waals surface area (Å²) >= 11 is 6.34. The third kappa shape index (κ3) is 15.5. The number of hydrogen-bond acceptors (Lipinski definition) is 3. The molecule has 0 aliphatic carbocycles. The van der Waals surface area contributed by atoms with E-state index in [1.54, 1.807) is 12.1 Å². The highest BCUT2D eigenvalue weighted by Gasteiger charge is 2.08. The van der Waals surface area contributed by atoms with E-state index in [0.29, 0.717) is 23.9 Å². The highest BCUT2D eigenvalue weighted by Crippen LogP contribution is 2.29.